The lowest BCUT2D eigenvalue weighted by Crippen LogP contribution is -2.02. The lowest BCUT2D eigenvalue weighted by atomic mass is 10.0. The number of halogens is 2. The summed E-state index contributed by atoms with van der Waals surface area (Å²) in [7, 11) is 0. The molecule has 1 aliphatic rings. The number of hydrogen-bond donors (Lipinski definition) is 0. The third-order valence-electron chi connectivity index (χ3n) is 3.12. The summed E-state index contributed by atoms with van der Waals surface area (Å²) in [5.41, 5.74) is 2.09. The van der Waals surface area contributed by atoms with Crippen molar-refractivity contribution in [3.8, 4) is 5.75 Å². The van der Waals surface area contributed by atoms with Gasteiger partial charge in [-0.15, -0.1) is 0 Å². The Morgan fingerprint density at radius 2 is 1.95 bits per heavy atom. The molecule has 0 saturated carbocycles. The molecule has 4 heteroatoms. The molecule has 19 heavy (non-hydrogen) atoms. The molecule has 2 aromatic rings. The van der Waals surface area contributed by atoms with Gasteiger partial charge in [-0.25, -0.2) is 0 Å². The van der Waals surface area contributed by atoms with Crippen LogP contribution in [0.3, 0.4) is 0 Å². The van der Waals surface area contributed by atoms with Crippen molar-refractivity contribution in [2.45, 2.75) is 6.42 Å². The number of benzene rings is 2. The van der Waals surface area contributed by atoms with Crippen LogP contribution in [-0.4, -0.2) is 12.4 Å². The molecule has 0 N–H and O–H groups in total. The van der Waals surface area contributed by atoms with E-state index in [0.29, 0.717) is 27.8 Å². The molecule has 1 aliphatic heterocycles. The predicted molar refractivity (Wildman–Crippen MR) is 75.5 cm³/mol. The summed E-state index contributed by atoms with van der Waals surface area (Å²) in [6.07, 6.45) is 0.833. The maximum absolute atomic E-state index is 12.4. The van der Waals surface area contributed by atoms with E-state index in [9.17, 15) is 4.79 Å². The Balaban J connectivity index is 2.02. The molecule has 1 heterocycles. The zero-order valence-corrected chi connectivity index (χ0v) is 11.5. The molecule has 0 spiro atoms. The third-order valence-corrected chi connectivity index (χ3v) is 3.69. The lowest BCUT2D eigenvalue weighted by molar-refractivity contribution is 0.103. The quantitative estimate of drug-likeness (QED) is 0.777. The molecule has 0 radical (unpaired) electrons. The topological polar surface area (TPSA) is 26.3 Å². The fourth-order valence-electron chi connectivity index (χ4n) is 2.15. The van der Waals surface area contributed by atoms with Crippen LogP contribution in [0.1, 0.15) is 21.5 Å². The van der Waals surface area contributed by atoms with Gasteiger partial charge in [-0.1, -0.05) is 23.2 Å². The first-order valence-electron chi connectivity index (χ1n) is 5.90. The molecule has 96 valence electrons. The summed E-state index contributed by atoms with van der Waals surface area (Å²) in [4.78, 5) is 12.4. The van der Waals surface area contributed by atoms with Gasteiger partial charge >= 0.3 is 0 Å². The molecule has 0 amide bonds. The van der Waals surface area contributed by atoms with Crippen LogP contribution in [0, 0.1) is 0 Å². The van der Waals surface area contributed by atoms with Gasteiger partial charge in [-0.3, -0.25) is 4.79 Å². The summed E-state index contributed by atoms with van der Waals surface area (Å²) in [5.74, 6) is 0.732. The SMILES string of the molecule is O=C(c1ccc2c(c1)CCO2)c1cc(Cl)ccc1Cl. The summed E-state index contributed by atoms with van der Waals surface area (Å²) < 4.78 is 5.42. The molecule has 0 saturated heterocycles. The minimum atomic E-state index is -0.123. The standard InChI is InChI=1S/C15H10Cl2O2/c16-11-2-3-13(17)12(8-11)15(18)10-1-4-14-9(7-10)5-6-19-14/h1-4,7-8H,5-6H2. The van der Waals surface area contributed by atoms with Gasteiger partial charge < -0.3 is 4.74 Å². The second kappa shape index (κ2) is 4.87. The lowest BCUT2D eigenvalue weighted by Gasteiger charge is -2.06. The van der Waals surface area contributed by atoms with Crippen molar-refractivity contribution in [3.63, 3.8) is 0 Å². The van der Waals surface area contributed by atoms with Crippen molar-refractivity contribution in [1.82, 2.24) is 0 Å². The number of ether oxygens (including phenoxy) is 1. The maximum Gasteiger partial charge on any atom is 0.194 e. The summed E-state index contributed by atoms with van der Waals surface area (Å²) in [6.45, 7) is 0.672. The Labute approximate surface area is 120 Å². The van der Waals surface area contributed by atoms with Crippen LogP contribution in [0.15, 0.2) is 36.4 Å². The van der Waals surface area contributed by atoms with Crippen LogP contribution in [0.5, 0.6) is 5.75 Å². The van der Waals surface area contributed by atoms with Crippen LogP contribution in [0.2, 0.25) is 10.0 Å². The smallest absolute Gasteiger partial charge is 0.194 e. The second-order valence-corrected chi connectivity index (χ2v) is 5.22. The van der Waals surface area contributed by atoms with Crippen molar-refractivity contribution in [3.05, 3.63) is 63.1 Å². The fourth-order valence-corrected chi connectivity index (χ4v) is 2.53. The molecule has 3 rings (SSSR count). The summed E-state index contributed by atoms with van der Waals surface area (Å²) in [6, 6.07) is 10.3. The molecule has 2 aromatic carbocycles. The van der Waals surface area contributed by atoms with Crippen LogP contribution < -0.4 is 4.74 Å². The Morgan fingerprint density at radius 1 is 1.11 bits per heavy atom. The highest BCUT2D eigenvalue weighted by atomic mass is 35.5. The van der Waals surface area contributed by atoms with Gasteiger partial charge in [0.05, 0.1) is 11.6 Å². The van der Waals surface area contributed by atoms with E-state index in [-0.39, 0.29) is 5.78 Å². The predicted octanol–water partition coefficient (Wildman–Crippen LogP) is 4.16. The summed E-state index contributed by atoms with van der Waals surface area (Å²) >= 11 is 12.0. The number of carbonyl (C=O) groups is 1. The van der Waals surface area contributed by atoms with Gasteiger partial charge in [-0.2, -0.15) is 0 Å². The highest BCUT2D eigenvalue weighted by molar-refractivity contribution is 6.36. The minimum Gasteiger partial charge on any atom is -0.493 e. The van der Waals surface area contributed by atoms with Gasteiger partial charge in [0.15, 0.2) is 5.78 Å². The van der Waals surface area contributed by atoms with E-state index in [1.165, 1.54) is 0 Å². The van der Waals surface area contributed by atoms with E-state index in [0.717, 1.165) is 17.7 Å². The maximum atomic E-state index is 12.4. The molecule has 0 atom stereocenters. The first-order chi connectivity index (χ1) is 9.15. The normalized spacial score (nSPS) is 12.9. The molecular weight excluding hydrogens is 283 g/mol. The highest BCUT2D eigenvalue weighted by Gasteiger charge is 2.18. The van der Waals surface area contributed by atoms with Gasteiger partial charge in [-0.05, 0) is 42.0 Å². The van der Waals surface area contributed by atoms with Gasteiger partial charge in [0.2, 0.25) is 0 Å². The summed E-state index contributed by atoms with van der Waals surface area (Å²) in [5, 5.41) is 0.906. The molecule has 0 fully saturated rings. The van der Waals surface area contributed by atoms with Crippen molar-refractivity contribution in [2.75, 3.05) is 6.61 Å². The van der Waals surface area contributed by atoms with Crippen molar-refractivity contribution in [1.29, 1.82) is 0 Å². The Morgan fingerprint density at radius 3 is 2.79 bits per heavy atom. The van der Waals surface area contributed by atoms with E-state index < -0.39 is 0 Å². The van der Waals surface area contributed by atoms with Gasteiger partial charge in [0, 0.05) is 22.6 Å². The van der Waals surface area contributed by atoms with Crippen LogP contribution >= 0.6 is 23.2 Å². The Hall–Kier alpha value is -1.51. The zero-order chi connectivity index (χ0) is 13.4. The van der Waals surface area contributed by atoms with Crippen LogP contribution in [0.4, 0.5) is 0 Å². The number of ketones is 1. The van der Waals surface area contributed by atoms with Crippen LogP contribution in [0.25, 0.3) is 0 Å². The van der Waals surface area contributed by atoms with E-state index in [2.05, 4.69) is 0 Å². The van der Waals surface area contributed by atoms with E-state index >= 15 is 0 Å². The first kappa shape index (κ1) is 12.5. The average Bonchev–Trinajstić information content (AvgIpc) is 2.88. The molecular formula is C15H10Cl2O2. The molecule has 0 aromatic heterocycles. The molecule has 0 aliphatic carbocycles. The Bertz CT molecular complexity index is 665. The van der Waals surface area contributed by atoms with E-state index in [4.69, 9.17) is 27.9 Å². The number of carbonyl (C=O) groups excluding carboxylic acids is 1. The molecule has 2 nitrogen and oxygen atoms in total. The van der Waals surface area contributed by atoms with Gasteiger partial charge in [0.1, 0.15) is 5.75 Å². The monoisotopic (exact) mass is 292 g/mol. The Kier molecular flexibility index (Phi) is 3.21. The number of fused-ring (bicyclic) bond motifs is 1. The average molecular weight is 293 g/mol. The van der Waals surface area contributed by atoms with Crippen molar-refractivity contribution in [2.24, 2.45) is 0 Å². The third kappa shape index (κ3) is 2.34. The number of hydrogen-bond acceptors (Lipinski definition) is 2. The first-order valence-corrected chi connectivity index (χ1v) is 6.66. The molecule has 0 unspecified atom stereocenters. The highest BCUT2D eigenvalue weighted by Crippen LogP contribution is 2.28. The minimum absolute atomic E-state index is 0.123. The van der Waals surface area contributed by atoms with E-state index in [1.807, 2.05) is 12.1 Å². The fraction of sp³-hybridized carbons (Fsp3) is 0.133. The van der Waals surface area contributed by atoms with Crippen molar-refractivity contribution < 1.29 is 9.53 Å². The van der Waals surface area contributed by atoms with Crippen LogP contribution in [-0.2, 0) is 6.42 Å². The largest absolute Gasteiger partial charge is 0.493 e. The second-order valence-electron chi connectivity index (χ2n) is 4.37. The zero-order valence-electron chi connectivity index (χ0n) is 9.95. The number of rotatable bonds is 2. The van der Waals surface area contributed by atoms with Crippen molar-refractivity contribution >= 4 is 29.0 Å². The van der Waals surface area contributed by atoms with Gasteiger partial charge in [0.25, 0.3) is 0 Å². The molecule has 0 bridgehead atoms. The van der Waals surface area contributed by atoms with E-state index in [1.54, 1.807) is 24.3 Å².